The lowest BCUT2D eigenvalue weighted by Crippen LogP contribution is -2.24. The monoisotopic (exact) mass is 299 g/mol. The summed E-state index contributed by atoms with van der Waals surface area (Å²) in [5, 5.41) is 12.9. The SMILES string of the molecule is O=C(Nc1nnc(C2CC2)s1)[C@@H]1CCCc2ccccc21. The highest BCUT2D eigenvalue weighted by atomic mass is 32.1. The predicted molar refractivity (Wildman–Crippen MR) is 82.6 cm³/mol. The molecule has 1 heterocycles. The highest BCUT2D eigenvalue weighted by molar-refractivity contribution is 7.15. The Kier molecular flexibility index (Phi) is 3.22. The van der Waals surface area contributed by atoms with E-state index in [0.29, 0.717) is 11.0 Å². The van der Waals surface area contributed by atoms with Crippen molar-refractivity contribution in [1.29, 1.82) is 0 Å². The van der Waals surface area contributed by atoms with Crippen molar-refractivity contribution in [2.24, 2.45) is 0 Å². The summed E-state index contributed by atoms with van der Waals surface area (Å²) in [6.45, 7) is 0. The van der Waals surface area contributed by atoms with Gasteiger partial charge in [-0.15, -0.1) is 10.2 Å². The molecule has 0 unspecified atom stereocenters. The van der Waals surface area contributed by atoms with Crippen molar-refractivity contribution in [1.82, 2.24) is 10.2 Å². The third-order valence-electron chi connectivity index (χ3n) is 4.28. The van der Waals surface area contributed by atoms with Crippen LogP contribution in [0.2, 0.25) is 0 Å². The van der Waals surface area contributed by atoms with E-state index in [9.17, 15) is 4.79 Å². The molecule has 1 amide bonds. The van der Waals surface area contributed by atoms with E-state index in [2.05, 4.69) is 27.6 Å². The Morgan fingerprint density at radius 2 is 2.05 bits per heavy atom. The van der Waals surface area contributed by atoms with Crippen LogP contribution in [0.4, 0.5) is 5.13 Å². The second-order valence-corrected chi connectivity index (χ2v) is 6.86. The first-order valence-corrected chi connectivity index (χ1v) is 8.35. The second-order valence-electron chi connectivity index (χ2n) is 5.85. The summed E-state index contributed by atoms with van der Waals surface area (Å²) >= 11 is 1.52. The number of nitrogens with zero attached hydrogens (tertiary/aromatic N) is 2. The van der Waals surface area contributed by atoms with Gasteiger partial charge in [0, 0.05) is 5.92 Å². The first-order chi connectivity index (χ1) is 10.3. The normalized spacial score (nSPS) is 20.9. The van der Waals surface area contributed by atoms with Crippen LogP contribution in [-0.2, 0) is 11.2 Å². The first-order valence-electron chi connectivity index (χ1n) is 7.53. The average Bonchev–Trinajstić information content (AvgIpc) is 3.27. The number of anilines is 1. The molecule has 4 nitrogen and oxygen atoms in total. The molecule has 1 aromatic heterocycles. The molecular formula is C16H17N3OS. The van der Waals surface area contributed by atoms with E-state index in [1.165, 1.54) is 35.3 Å². The molecule has 0 radical (unpaired) electrons. The fourth-order valence-electron chi connectivity index (χ4n) is 3.00. The van der Waals surface area contributed by atoms with Gasteiger partial charge in [0.05, 0.1) is 5.92 Å². The number of rotatable bonds is 3. The van der Waals surface area contributed by atoms with Gasteiger partial charge in [-0.05, 0) is 43.2 Å². The lowest BCUT2D eigenvalue weighted by atomic mass is 9.82. The number of hydrogen-bond donors (Lipinski definition) is 1. The van der Waals surface area contributed by atoms with Gasteiger partial charge in [-0.3, -0.25) is 10.1 Å². The lowest BCUT2D eigenvalue weighted by Gasteiger charge is -2.24. The van der Waals surface area contributed by atoms with Gasteiger partial charge in [0.2, 0.25) is 11.0 Å². The van der Waals surface area contributed by atoms with Crippen molar-refractivity contribution in [2.45, 2.75) is 43.9 Å². The number of fused-ring (bicyclic) bond motifs is 1. The van der Waals surface area contributed by atoms with Crippen molar-refractivity contribution < 1.29 is 4.79 Å². The number of aryl methyl sites for hydroxylation is 1. The van der Waals surface area contributed by atoms with Gasteiger partial charge in [-0.25, -0.2) is 0 Å². The molecule has 0 saturated heterocycles. The maximum absolute atomic E-state index is 12.6. The zero-order valence-electron chi connectivity index (χ0n) is 11.7. The van der Waals surface area contributed by atoms with Crippen molar-refractivity contribution >= 4 is 22.4 Å². The average molecular weight is 299 g/mol. The van der Waals surface area contributed by atoms with Crippen LogP contribution in [0, 0.1) is 0 Å². The van der Waals surface area contributed by atoms with Crippen molar-refractivity contribution in [3.8, 4) is 0 Å². The van der Waals surface area contributed by atoms with E-state index < -0.39 is 0 Å². The van der Waals surface area contributed by atoms with Crippen LogP contribution in [0.15, 0.2) is 24.3 Å². The maximum atomic E-state index is 12.6. The summed E-state index contributed by atoms with van der Waals surface area (Å²) in [7, 11) is 0. The van der Waals surface area contributed by atoms with Crippen LogP contribution >= 0.6 is 11.3 Å². The topological polar surface area (TPSA) is 54.9 Å². The minimum Gasteiger partial charge on any atom is -0.300 e. The molecule has 2 aromatic rings. The Hall–Kier alpha value is -1.75. The summed E-state index contributed by atoms with van der Waals surface area (Å²) in [6.07, 6.45) is 5.47. The predicted octanol–water partition coefficient (Wildman–Crippen LogP) is 3.47. The Balaban J connectivity index is 1.52. The molecule has 2 aliphatic carbocycles. The Labute approximate surface area is 127 Å². The summed E-state index contributed by atoms with van der Waals surface area (Å²) in [5.41, 5.74) is 2.48. The third kappa shape index (κ3) is 2.58. The van der Waals surface area contributed by atoms with E-state index in [0.717, 1.165) is 24.3 Å². The van der Waals surface area contributed by atoms with E-state index in [-0.39, 0.29) is 11.8 Å². The molecule has 2 aliphatic rings. The molecule has 1 aromatic carbocycles. The smallest absolute Gasteiger partial charge is 0.233 e. The lowest BCUT2D eigenvalue weighted by molar-refractivity contribution is -0.117. The molecule has 4 rings (SSSR count). The molecule has 0 aliphatic heterocycles. The van der Waals surface area contributed by atoms with Crippen molar-refractivity contribution in [2.75, 3.05) is 5.32 Å². The zero-order chi connectivity index (χ0) is 14.2. The van der Waals surface area contributed by atoms with Crippen LogP contribution in [0.25, 0.3) is 0 Å². The van der Waals surface area contributed by atoms with Crippen molar-refractivity contribution in [3.63, 3.8) is 0 Å². The van der Waals surface area contributed by atoms with E-state index >= 15 is 0 Å². The van der Waals surface area contributed by atoms with Gasteiger partial charge in [-0.1, -0.05) is 35.6 Å². The molecule has 108 valence electrons. The molecular weight excluding hydrogens is 282 g/mol. The van der Waals surface area contributed by atoms with Crippen LogP contribution in [0.3, 0.4) is 0 Å². The van der Waals surface area contributed by atoms with Crippen LogP contribution in [-0.4, -0.2) is 16.1 Å². The zero-order valence-corrected chi connectivity index (χ0v) is 12.5. The molecule has 0 bridgehead atoms. The summed E-state index contributed by atoms with van der Waals surface area (Å²) in [4.78, 5) is 12.6. The number of hydrogen-bond acceptors (Lipinski definition) is 4. The minimum absolute atomic E-state index is 0.0526. The molecule has 1 fully saturated rings. The number of carbonyl (C=O) groups excluding carboxylic acids is 1. The summed E-state index contributed by atoms with van der Waals surface area (Å²) in [6, 6.07) is 8.27. The van der Waals surface area contributed by atoms with Gasteiger partial charge in [0.25, 0.3) is 0 Å². The molecule has 1 atom stereocenters. The van der Waals surface area contributed by atoms with Crippen LogP contribution in [0.1, 0.15) is 53.7 Å². The quantitative estimate of drug-likeness (QED) is 0.944. The van der Waals surface area contributed by atoms with Crippen LogP contribution in [0.5, 0.6) is 0 Å². The van der Waals surface area contributed by atoms with E-state index in [1.807, 2.05) is 12.1 Å². The summed E-state index contributed by atoms with van der Waals surface area (Å²) in [5.74, 6) is 0.590. The van der Waals surface area contributed by atoms with Crippen molar-refractivity contribution in [3.05, 3.63) is 40.4 Å². The van der Waals surface area contributed by atoms with E-state index in [4.69, 9.17) is 0 Å². The largest absolute Gasteiger partial charge is 0.300 e. The Morgan fingerprint density at radius 1 is 1.19 bits per heavy atom. The second kappa shape index (κ2) is 5.22. The number of carbonyl (C=O) groups is 1. The number of aromatic nitrogens is 2. The van der Waals surface area contributed by atoms with Crippen LogP contribution < -0.4 is 5.32 Å². The standard InChI is InChI=1S/C16H17N3OS/c20-14(17-16-19-18-15(21-16)11-8-9-11)13-7-3-5-10-4-1-2-6-12(10)13/h1-2,4,6,11,13H,3,5,7-9H2,(H,17,19,20)/t13-/m1/s1. The molecule has 5 heteroatoms. The number of amides is 1. The Morgan fingerprint density at radius 3 is 2.90 bits per heavy atom. The third-order valence-corrected chi connectivity index (χ3v) is 5.28. The number of nitrogens with one attached hydrogen (secondary N) is 1. The summed E-state index contributed by atoms with van der Waals surface area (Å²) < 4.78 is 0. The fraction of sp³-hybridized carbons (Fsp3) is 0.438. The molecule has 0 spiro atoms. The molecule has 1 saturated carbocycles. The highest BCUT2D eigenvalue weighted by Gasteiger charge is 2.29. The minimum atomic E-state index is -0.0526. The van der Waals surface area contributed by atoms with Gasteiger partial charge in [0.1, 0.15) is 5.01 Å². The van der Waals surface area contributed by atoms with Gasteiger partial charge in [-0.2, -0.15) is 0 Å². The highest BCUT2D eigenvalue weighted by Crippen LogP contribution is 2.42. The van der Waals surface area contributed by atoms with Gasteiger partial charge in [0.15, 0.2) is 0 Å². The Bertz CT molecular complexity index is 678. The molecule has 21 heavy (non-hydrogen) atoms. The van der Waals surface area contributed by atoms with E-state index in [1.54, 1.807) is 0 Å². The number of benzene rings is 1. The maximum Gasteiger partial charge on any atom is 0.233 e. The van der Waals surface area contributed by atoms with Gasteiger partial charge >= 0.3 is 0 Å². The van der Waals surface area contributed by atoms with Gasteiger partial charge < -0.3 is 0 Å². The fourth-order valence-corrected chi connectivity index (χ4v) is 3.91. The molecule has 1 N–H and O–H groups in total. The first kappa shape index (κ1) is 13.0.